The topological polar surface area (TPSA) is 47.6 Å². The molecule has 0 spiro atoms. The summed E-state index contributed by atoms with van der Waals surface area (Å²) in [5, 5.41) is 17.6. The summed E-state index contributed by atoms with van der Waals surface area (Å²) in [4.78, 5) is 0. The summed E-state index contributed by atoms with van der Waals surface area (Å²) in [6.45, 7) is 0.591. The summed E-state index contributed by atoms with van der Waals surface area (Å²) < 4.78 is 140. The number of allylic oxidation sites excluding steroid dienone is 2. The van der Waals surface area contributed by atoms with Gasteiger partial charge in [-0.15, -0.1) is 0 Å². The Balaban J connectivity index is 6.01. The molecule has 0 rings (SSSR count). The van der Waals surface area contributed by atoms with E-state index in [-0.39, 0.29) is 6.08 Å². The van der Waals surface area contributed by atoms with Crippen LogP contribution in [0.3, 0.4) is 0 Å². The third-order valence-corrected chi connectivity index (χ3v) is 3.40. The van der Waals surface area contributed by atoms with Gasteiger partial charge in [0.2, 0.25) is 0 Å². The second-order valence-corrected chi connectivity index (χ2v) is 5.26. The van der Waals surface area contributed by atoms with Gasteiger partial charge in [-0.25, -0.2) is 8.78 Å². The van der Waals surface area contributed by atoms with Gasteiger partial charge in [0, 0.05) is 12.0 Å². The maximum Gasteiger partial charge on any atom is 0.409 e. The number of rotatable bonds is 7. The molecule has 0 saturated heterocycles. The second kappa shape index (κ2) is 7.29. The number of hydrogen-bond acceptors (Lipinski definition) is 2. The van der Waals surface area contributed by atoms with Crippen LogP contribution >= 0.6 is 0 Å². The van der Waals surface area contributed by atoms with Crippen molar-refractivity contribution in [3.63, 3.8) is 0 Å². The lowest BCUT2D eigenvalue weighted by Gasteiger charge is -2.36. The van der Waals surface area contributed by atoms with Crippen LogP contribution in [0.25, 0.3) is 0 Å². The van der Waals surface area contributed by atoms with Crippen molar-refractivity contribution in [1.82, 2.24) is 0 Å². The molecule has 1 atom stereocenters. The minimum atomic E-state index is -6.68. The molecule has 13 heteroatoms. The normalized spacial score (nSPS) is 15.8. The lowest BCUT2D eigenvalue weighted by molar-refractivity contribution is -0.342. The van der Waals surface area contributed by atoms with Crippen LogP contribution in [0.4, 0.5) is 48.3 Å². The molecule has 0 aliphatic rings. The first kappa shape index (κ1) is 23.9. The zero-order valence-corrected chi connectivity index (χ0v) is 12.6. The van der Waals surface area contributed by atoms with Gasteiger partial charge in [-0.3, -0.25) is 0 Å². The second-order valence-electron chi connectivity index (χ2n) is 5.26. The first-order valence-corrected chi connectivity index (χ1v) is 6.40. The molecule has 0 aromatic carbocycles. The summed E-state index contributed by atoms with van der Waals surface area (Å²) in [5.74, 6) is -21.3. The number of hydrogen-bond donors (Lipinski definition) is 0. The monoisotopic (exact) mass is 402 g/mol. The van der Waals surface area contributed by atoms with Crippen molar-refractivity contribution in [3.05, 3.63) is 12.2 Å². The van der Waals surface area contributed by atoms with Crippen LogP contribution in [0.5, 0.6) is 0 Å². The number of nitriles is 2. The van der Waals surface area contributed by atoms with Gasteiger partial charge in [-0.05, 0) is 0 Å². The third kappa shape index (κ3) is 4.56. The standard InChI is InChI=1S/C13H9F11N2/c1-7(2-3-11(18,19)20)9(5-25,6-26)4-10(16,17)13(23,24)12(21,22)8(14)15/h2-3,7-8H,4H2,1H3. The fourth-order valence-electron chi connectivity index (χ4n) is 1.73. The van der Waals surface area contributed by atoms with Gasteiger partial charge in [-0.2, -0.15) is 50.0 Å². The van der Waals surface area contributed by atoms with Crippen molar-refractivity contribution in [3.8, 4) is 12.1 Å². The minimum Gasteiger partial charge on any atom is -0.203 e. The Morgan fingerprint density at radius 2 is 1.31 bits per heavy atom. The molecule has 0 fully saturated rings. The molecule has 26 heavy (non-hydrogen) atoms. The summed E-state index contributed by atoms with van der Waals surface area (Å²) in [7, 11) is 0. The quantitative estimate of drug-likeness (QED) is 0.427. The van der Waals surface area contributed by atoms with Gasteiger partial charge >= 0.3 is 30.4 Å². The maximum absolute atomic E-state index is 13.6. The van der Waals surface area contributed by atoms with Crippen LogP contribution in [-0.4, -0.2) is 30.4 Å². The molecule has 0 amide bonds. The molecule has 0 radical (unpaired) electrons. The molecule has 0 N–H and O–H groups in total. The smallest absolute Gasteiger partial charge is 0.203 e. The summed E-state index contributed by atoms with van der Waals surface area (Å²) in [6.07, 6.45) is -13.5. The molecule has 0 aliphatic heterocycles. The SMILES string of the molecule is CC(C=CC(F)(F)F)C(C#N)(C#N)CC(F)(F)C(F)(F)C(F)(F)C(F)F. The van der Waals surface area contributed by atoms with E-state index in [1.165, 1.54) is 0 Å². The van der Waals surface area contributed by atoms with E-state index in [9.17, 15) is 48.3 Å². The van der Waals surface area contributed by atoms with Crippen LogP contribution in [0.15, 0.2) is 12.2 Å². The van der Waals surface area contributed by atoms with Crippen molar-refractivity contribution >= 4 is 0 Å². The van der Waals surface area contributed by atoms with E-state index in [1.807, 2.05) is 0 Å². The Morgan fingerprint density at radius 1 is 0.885 bits per heavy atom. The first-order chi connectivity index (χ1) is 11.4. The minimum absolute atomic E-state index is 0.0198. The zero-order chi connectivity index (χ0) is 21.2. The molecule has 0 aliphatic carbocycles. The predicted octanol–water partition coefficient (Wildman–Crippen LogP) is 5.34. The maximum atomic E-state index is 13.6. The highest BCUT2D eigenvalue weighted by atomic mass is 19.4. The van der Waals surface area contributed by atoms with Crippen molar-refractivity contribution in [1.29, 1.82) is 10.5 Å². The fourth-order valence-corrected chi connectivity index (χ4v) is 1.73. The highest BCUT2D eigenvalue weighted by Gasteiger charge is 2.76. The van der Waals surface area contributed by atoms with E-state index in [4.69, 9.17) is 10.5 Å². The Morgan fingerprint density at radius 3 is 1.62 bits per heavy atom. The van der Waals surface area contributed by atoms with Crippen LogP contribution in [0.2, 0.25) is 0 Å². The third-order valence-electron chi connectivity index (χ3n) is 3.40. The molecule has 0 heterocycles. The Hall–Kier alpha value is -2.05. The molecule has 0 aromatic heterocycles. The summed E-state index contributed by atoms with van der Waals surface area (Å²) in [5.41, 5.74) is -3.33. The average molecular weight is 402 g/mol. The van der Waals surface area contributed by atoms with Crippen molar-refractivity contribution < 1.29 is 48.3 Å². The number of halogens is 11. The predicted molar refractivity (Wildman–Crippen MR) is 63.5 cm³/mol. The van der Waals surface area contributed by atoms with E-state index in [0.29, 0.717) is 6.92 Å². The van der Waals surface area contributed by atoms with Gasteiger partial charge in [-0.1, -0.05) is 13.0 Å². The largest absolute Gasteiger partial charge is 0.409 e. The molecular weight excluding hydrogens is 393 g/mol. The van der Waals surface area contributed by atoms with Gasteiger partial charge in [0.05, 0.1) is 18.6 Å². The van der Waals surface area contributed by atoms with Crippen molar-refractivity contribution in [2.75, 3.05) is 0 Å². The van der Waals surface area contributed by atoms with Gasteiger partial charge in [0.15, 0.2) is 5.41 Å². The molecule has 0 saturated carbocycles. The van der Waals surface area contributed by atoms with Gasteiger partial charge < -0.3 is 0 Å². The fraction of sp³-hybridized carbons (Fsp3) is 0.692. The molecular formula is C13H9F11N2. The number of nitrogens with zero attached hydrogens (tertiary/aromatic N) is 2. The van der Waals surface area contributed by atoms with Crippen LogP contribution in [0.1, 0.15) is 13.3 Å². The van der Waals surface area contributed by atoms with E-state index in [0.717, 1.165) is 12.1 Å². The molecule has 0 aromatic rings. The van der Waals surface area contributed by atoms with Crippen molar-refractivity contribution in [2.45, 2.75) is 43.7 Å². The summed E-state index contributed by atoms with van der Waals surface area (Å²) in [6, 6.07) is 1.57. The lowest BCUT2D eigenvalue weighted by Crippen LogP contribution is -2.59. The van der Waals surface area contributed by atoms with Crippen LogP contribution in [-0.2, 0) is 0 Å². The highest BCUT2D eigenvalue weighted by molar-refractivity contribution is 5.22. The van der Waals surface area contributed by atoms with E-state index >= 15 is 0 Å². The highest BCUT2D eigenvalue weighted by Crippen LogP contribution is 2.53. The van der Waals surface area contributed by atoms with Crippen LogP contribution < -0.4 is 0 Å². The van der Waals surface area contributed by atoms with Crippen LogP contribution in [0, 0.1) is 34.0 Å². The van der Waals surface area contributed by atoms with E-state index in [2.05, 4.69) is 0 Å². The molecule has 148 valence electrons. The van der Waals surface area contributed by atoms with Crippen molar-refractivity contribution in [2.24, 2.45) is 11.3 Å². The summed E-state index contributed by atoms with van der Waals surface area (Å²) >= 11 is 0. The Labute approximate surface area is 139 Å². The Kier molecular flexibility index (Phi) is 6.71. The average Bonchev–Trinajstić information content (AvgIpc) is 2.48. The Bertz CT molecular complexity index is 593. The van der Waals surface area contributed by atoms with Gasteiger partial charge in [0.1, 0.15) is 0 Å². The zero-order valence-electron chi connectivity index (χ0n) is 12.6. The van der Waals surface area contributed by atoms with Gasteiger partial charge in [0.25, 0.3) is 0 Å². The first-order valence-electron chi connectivity index (χ1n) is 6.40. The molecule has 0 bridgehead atoms. The number of alkyl halides is 11. The van der Waals surface area contributed by atoms with E-state index in [1.54, 1.807) is 0 Å². The lowest BCUT2D eigenvalue weighted by atomic mass is 9.73. The molecule has 1 unspecified atom stereocenters. The molecule has 2 nitrogen and oxygen atoms in total. The van der Waals surface area contributed by atoms with E-state index < -0.39 is 54.2 Å².